The molecule has 0 radical (unpaired) electrons. The molecule has 0 aromatic heterocycles. The third-order valence-corrected chi connectivity index (χ3v) is 3.37. The van der Waals surface area contributed by atoms with Gasteiger partial charge in [0.2, 0.25) is 0 Å². The van der Waals surface area contributed by atoms with E-state index in [9.17, 15) is 13.6 Å². The quantitative estimate of drug-likeness (QED) is 0.809. The van der Waals surface area contributed by atoms with E-state index < -0.39 is 17.5 Å². The maximum absolute atomic E-state index is 13.7. The summed E-state index contributed by atoms with van der Waals surface area (Å²) < 4.78 is 26.9. The standard InChI is InChI=1S/C16H14ClF2NO/c1-9-7-12(14(19)8-13(9)18)16(21)20-15-6-4-3-5-11(15)10(2)17/h3-8,10H,1-2H3,(H,20,21). The Morgan fingerprint density at radius 1 is 1.19 bits per heavy atom. The average Bonchev–Trinajstić information content (AvgIpc) is 2.43. The van der Waals surface area contributed by atoms with Gasteiger partial charge in [0.1, 0.15) is 11.6 Å². The Hall–Kier alpha value is -1.94. The summed E-state index contributed by atoms with van der Waals surface area (Å²) in [5.41, 5.74) is 1.24. The molecule has 1 unspecified atom stereocenters. The Morgan fingerprint density at radius 3 is 2.52 bits per heavy atom. The van der Waals surface area contributed by atoms with E-state index in [1.54, 1.807) is 31.2 Å². The lowest BCUT2D eigenvalue weighted by atomic mass is 10.1. The Morgan fingerprint density at radius 2 is 1.86 bits per heavy atom. The number of para-hydroxylation sites is 1. The van der Waals surface area contributed by atoms with Crippen molar-refractivity contribution in [2.24, 2.45) is 0 Å². The van der Waals surface area contributed by atoms with Crippen molar-refractivity contribution in [1.82, 2.24) is 0 Å². The summed E-state index contributed by atoms with van der Waals surface area (Å²) >= 11 is 6.04. The smallest absolute Gasteiger partial charge is 0.258 e. The highest BCUT2D eigenvalue weighted by molar-refractivity contribution is 6.21. The molecule has 2 aromatic rings. The first-order chi connectivity index (χ1) is 9.90. The Kier molecular flexibility index (Phi) is 4.58. The molecule has 1 atom stereocenters. The highest BCUT2D eigenvalue weighted by atomic mass is 35.5. The van der Waals surface area contributed by atoms with Crippen molar-refractivity contribution in [3.63, 3.8) is 0 Å². The lowest BCUT2D eigenvalue weighted by molar-refractivity contribution is 0.102. The van der Waals surface area contributed by atoms with Crippen LogP contribution in [0.5, 0.6) is 0 Å². The fourth-order valence-corrected chi connectivity index (χ4v) is 2.17. The third kappa shape index (κ3) is 3.39. The molecule has 0 saturated carbocycles. The van der Waals surface area contributed by atoms with Crippen LogP contribution in [0, 0.1) is 18.6 Å². The first-order valence-corrected chi connectivity index (χ1v) is 6.83. The molecular formula is C16H14ClF2NO. The number of benzene rings is 2. The number of carbonyl (C=O) groups is 1. The molecule has 0 aliphatic heterocycles. The number of alkyl halides is 1. The van der Waals surface area contributed by atoms with Gasteiger partial charge in [0.15, 0.2) is 0 Å². The summed E-state index contributed by atoms with van der Waals surface area (Å²) in [5.74, 6) is -2.22. The van der Waals surface area contributed by atoms with Crippen LogP contribution in [0.25, 0.3) is 0 Å². The number of hydrogen-bond donors (Lipinski definition) is 1. The van der Waals surface area contributed by atoms with Gasteiger partial charge in [-0.15, -0.1) is 11.6 Å². The maximum Gasteiger partial charge on any atom is 0.258 e. The van der Waals surface area contributed by atoms with Gasteiger partial charge in [-0.1, -0.05) is 18.2 Å². The molecule has 0 saturated heterocycles. The Bertz CT molecular complexity index is 686. The van der Waals surface area contributed by atoms with Gasteiger partial charge in [-0.25, -0.2) is 8.78 Å². The van der Waals surface area contributed by atoms with Crippen molar-refractivity contribution in [3.8, 4) is 0 Å². The molecule has 2 rings (SSSR count). The first kappa shape index (κ1) is 15.4. The van der Waals surface area contributed by atoms with E-state index in [1.807, 2.05) is 0 Å². The number of hydrogen-bond acceptors (Lipinski definition) is 1. The van der Waals surface area contributed by atoms with Gasteiger partial charge in [-0.05, 0) is 37.1 Å². The molecule has 0 bridgehead atoms. The van der Waals surface area contributed by atoms with Crippen LogP contribution in [-0.2, 0) is 0 Å². The molecule has 1 amide bonds. The van der Waals surface area contributed by atoms with Crippen LogP contribution >= 0.6 is 11.6 Å². The van der Waals surface area contributed by atoms with Crippen molar-refractivity contribution >= 4 is 23.2 Å². The number of nitrogens with one attached hydrogen (secondary N) is 1. The number of amides is 1. The van der Waals surface area contributed by atoms with Crippen molar-refractivity contribution in [2.45, 2.75) is 19.2 Å². The molecule has 0 heterocycles. The molecule has 110 valence electrons. The van der Waals surface area contributed by atoms with Gasteiger partial charge >= 0.3 is 0 Å². The molecule has 2 nitrogen and oxygen atoms in total. The van der Waals surface area contributed by atoms with E-state index >= 15 is 0 Å². The van der Waals surface area contributed by atoms with E-state index in [2.05, 4.69) is 5.32 Å². The summed E-state index contributed by atoms with van der Waals surface area (Å²) in [4.78, 5) is 12.2. The highest BCUT2D eigenvalue weighted by Gasteiger charge is 2.16. The number of halogens is 3. The van der Waals surface area contributed by atoms with Gasteiger partial charge in [0.25, 0.3) is 5.91 Å². The normalized spacial score (nSPS) is 12.0. The molecule has 0 spiro atoms. The van der Waals surface area contributed by atoms with Crippen LogP contribution in [0.4, 0.5) is 14.5 Å². The lowest BCUT2D eigenvalue weighted by Crippen LogP contribution is -2.15. The Balaban J connectivity index is 2.33. The minimum absolute atomic E-state index is 0.203. The monoisotopic (exact) mass is 309 g/mol. The zero-order chi connectivity index (χ0) is 15.6. The fraction of sp³-hybridized carbons (Fsp3) is 0.188. The minimum Gasteiger partial charge on any atom is -0.322 e. The van der Waals surface area contributed by atoms with Crippen LogP contribution in [-0.4, -0.2) is 5.91 Å². The van der Waals surface area contributed by atoms with E-state index in [-0.39, 0.29) is 16.5 Å². The van der Waals surface area contributed by atoms with Crippen molar-refractivity contribution in [2.75, 3.05) is 5.32 Å². The maximum atomic E-state index is 13.7. The summed E-state index contributed by atoms with van der Waals surface area (Å²) in [7, 11) is 0. The zero-order valence-corrected chi connectivity index (χ0v) is 12.3. The van der Waals surface area contributed by atoms with Crippen LogP contribution in [0.3, 0.4) is 0 Å². The van der Waals surface area contributed by atoms with Crippen LogP contribution in [0.1, 0.15) is 33.8 Å². The summed E-state index contributed by atoms with van der Waals surface area (Å²) in [5, 5.41) is 2.31. The number of rotatable bonds is 3. The number of aryl methyl sites for hydroxylation is 1. The van der Waals surface area contributed by atoms with Crippen molar-refractivity contribution in [3.05, 3.63) is 64.7 Å². The van der Waals surface area contributed by atoms with Gasteiger partial charge in [0.05, 0.1) is 10.9 Å². The average molecular weight is 310 g/mol. The fourth-order valence-electron chi connectivity index (χ4n) is 1.98. The predicted molar refractivity (Wildman–Crippen MR) is 79.8 cm³/mol. The third-order valence-electron chi connectivity index (χ3n) is 3.13. The predicted octanol–water partition coefficient (Wildman–Crippen LogP) is 4.83. The zero-order valence-electron chi connectivity index (χ0n) is 11.6. The summed E-state index contributed by atoms with van der Waals surface area (Å²) in [6.45, 7) is 3.25. The van der Waals surface area contributed by atoms with Gasteiger partial charge in [0, 0.05) is 11.8 Å². The molecule has 0 aliphatic carbocycles. The molecule has 21 heavy (non-hydrogen) atoms. The summed E-state index contributed by atoms with van der Waals surface area (Å²) in [6.07, 6.45) is 0. The molecule has 5 heteroatoms. The second-order valence-electron chi connectivity index (χ2n) is 4.74. The molecule has 0 aliphatic rings. The van der Waals surface area contributed by atoms with Crippen LogP contribution in [0.2, 0.25) is 0 Å². The van der Waals surface area contributed by atoms with E-state index in [0.717, 1.165) is 5.56 Å². The van der Waals surface area contributed by atoms with Crippen LogP contribution in [0.15, 0.2) is 36.4 Å². The van der Waals surface area contributed by atoms with Crippen molar-refractivity contribution in [1.29, 1.82) is 0 Å². The Labute approximate surface area is 126 Å². The van der Waals surface area contributed by atoms with Gasteiger partial charge in [-0.3, -0.25) is 4.79 Å². The largest absolute Gasteiger partial charge is 0.322 e. The molecule has 1 N–H and O–H groups in total. The van der Waals surface area contributed by atoms with Crippen LogP contribution < -0.4 is 5.32 Å². The SMILES string of the molecule is Cc1cc(C(=O)Nc2ccccc2C(C)Cl)c(F)cc1F. The summed E-state index contributed by atoms with van der Waals surface area (Å²) in [6, 6.07) is 8.89. The van der Waals surface area contributed by atoms with E-state index in [4.69, 9.17) is 11.6 Å². The number of anilines is 1. The molecular weight excluding hydrogens is 296 g/mol. The second-order valence-corrected chi connectivity index (χ2v) is 5.39. The van der Waals surface area contributed by atoms with E-state index in [1.165, 1.54) is 13.0 Å². The highest BCUT2D eigenvalue weighted by Crippen LogP contribution is 2.27. The van der Waals surface area contributed by atoms with Gasteiger partial charge in [-0.2, -0.15) is 0 Å². The van der Waals surface area contributed by atoms with Gasteiger partial charge < -0.3 is 5.32 Å². The second kappa shape index (κ2) is 6.22. The topological polar surface area (TPSA) is 29.1 Å². The first-order valence-electron chi connectivity index (χ1n) is 6.40. The number of carbonyl (C=O) groups excluding carboxylic acids is 1. The van der Waals surface area contributed by atoms with E-state index in [0.29, 0.717) is 11.8 Å². The molecule has 2 aromatic carbocycles. The lowest BCUT2D eigenvalue weighted by Gasteiger charge is -2.13. The van der Waals surface area contributed by atoms with Crippen molar-refractivity contribution < 1.29 is 13.6 Å². The minimum atomic E-state index is -0.896. The molecule has 0 fully saturated rings.